The predicted molar refractivity (Wildman–Crippen MR) is 111 cm³/mol. The minimum absolute atomic E-state index is 0.132. The second-order valence-electron chi connectivity index (χ2n) is 5.85. The van der Waals surface area contributed by atoms with Crippen molar-refractivity contribution >= 4 is 54.9 Å². The molecule has 0 saturated carbocycles. The molecule has 1 amide bonds. The summed E-state index contributed by atoms with van der Waals surface area (Å²) in [5.41, 5.74) is 5.62. The van der Waals surface area contributed by atoms with Gasteiger partial charge in [-0.1, -0.05) is 18.2 Å². The fourth-order valence-electron chi connectivity index (χ4n) is 2.64. The molecule has 0 radical (unpaired) electrons. The highest BCUT2D eigenvalue weighted by Crippen LogP contribution is 2.34. The van der Waals surface area contributed by atoms with Crippen molar-refractivity contribution in [3.05, 3.63) is 62.7 Å². The van der Waals surface area contributed by atoms with E-state index in [1.54, 1.807) is 6.21 Å². The van der Waals surface area contributed by atoms with Crippen molar-refractivity contribution in [3.63, 3.8) is 0 Å². The zero-order valence-electron chi connectivity index (χ0n) is 14.3. The van der Waals surface area contributed by atoms with Gasteiger partial charge in [-0.25, -0.2) is 5.43 Å². The molecule has 3 aromatic rings. The van der Waals surface area contributed by atoms with Crippen LogP contribution in [0.4, 0.5) is 0 Å². The molecule has 5 nitrogen and oxygen atoms in total. The highest BCUT2D eigenvalue weighted by molar-refractivity contribution is 9.11. The molecule has 1 N–H and O–H groups in total. The van der Waals surface area contributed by atoms with Crippen molar-refractivity contribution in [2.45, 2.75) is 6.92 Å². The number of hydrazone groups is 1. The van der Waals surface area contributed by atoms with E-state index < -0.39 is 0 Å². The van der Waals surface area contributed by atoms with Crippen molar-refractivity contribution in [2.75, 3.05) is 6.61 Å². The molecule has 7 heteroatoms. The van der Waals surface area contributed by atoms with Gasteiger partial charge in [-0.2, -0.15) is 5.10 Å². The van der Waals surface area contributed by atoms with Crippen LogP contribution in [0, 0.1) is 6.92 Å². The van der Waals surface area contributed by atoms with Crippen LogP contribution in [0.3, 0.4) is 0 Å². The largest absolute Gasteiger partial charge is 0.481 e. The number of nitrogens with zero attached hydrogens (tertiary/aromatic N) is 2. The van der Waals surface area contributed by atoms with Crippen LogP contribution in [0.2, 0.25) is 0 Å². The van der Waals surface area contributed by atoms with Gasteiger partial charge < -0.3 is 9.30 Å². The van der Waals surface area contributed by atoms with Crippen LogP contribution in [0.1, 0.15) is 11.1 Å². The number of para-hydroxylation sites is 1. The van der Waals surface area contributed by atoms with Gasteiger partial charge in [-0.3, -0.25) is 4.79 Å². The third-order valence-corrected chi connectivity index (χ3v) is 4.99. The summed E-state index contributed by atoms with van der Waals surface area (Å²) in [6.07, 6.45) is 3.61. The van der Waals surface area contributed by atoms with Crippen LogP contribution < -0.4 is 10.2 Å². The number of carbonyl (C=O) groups is 1. The zero-order valence-corrected chi connectivity index (χ0v) is 17.5. The van der Waals surface area contributed by atoms with Gasteiger partial charge in [-0.15, -0.1) is 0 Å². The molecule has 1 aromatic heterocycles. The van der Waals surface area contributed by atoms with Crippen LogP contribution >= 0.6 is 31.9 Å². The van der Waals surface area contributed by atoms with E-state index in [2.05, 4.69) is 42.4 Å². The molecule has 134 valence electrons. The summed E-state index contributed by atoms with van der Waals surface area (Å²) in [6, 6.07) is 11.9. The molecule has 26 heavy (non-hydrogen) atoms. The number of ether oxygens (including phenoxy) is 1. The third kappa shape index (κ3) is 4.16. The summed E-state index contributed by atoms with van der Waals surface area (Å²) in [7, 11) is 1.98. The number of nitrogens with one attached hydrogen (secondary N) is 1. The van der Waals surface area contributed by atoms with Crippen LogP contribution in [-0.4, -0.2) is 23.3 Å². The van der Waals surface area contributed by atoms with Crippen molar-refractivity contribution in [1.29, 1.82) is 0 Å². The van der Waals surface area contributed by atoms with Crippen molar-refractivity contribution in [3.8, 4) is 5.75 Å². The van der Waals surface area contributed by atoms with E-state index in [0.717, 1.165) is 31.0 Å². The molecule has 2 aromatic carbocycles. The molecule has 1 heterocycles. The van der Waals surface area contributed by atoms with E-state index in [0.29, 0.717) is 5.75 Å². The van der Waals surface area contributed by atoms with E-state index in [1.165, 1.54) is 0 Å². The summed E-state index contributed by atoms with van der Waals surface area (Å²) in [5.74, 6) is 0.254. The van der Waals surface area contributed by atoms with E-state index in [-0.39, 0.29) is 12.5 Å². The first kappa shape index (κ1) is 18.7. The molecule has 0 atom stereocenters. The Bertz CT molecular complexity index is 973. The van der Waals surface area contributed by atoms with Gasteiger partial charge in [-0.05, 0) is 62.5 Å². The fraction of sp³-hybridized carbons (Fsp3) is 0.158. The lowest BCUT2D eigenvalue weighted by Crippen LogP contribution is -2.24. The number of aromatic nitrogens is 1. The van der Waals surface area contributed by atoms with Gasteiger partial charge >= 0.3 is 0 Å². The van der Waals surface area contributed by atoms with Gasteiger partial charge in [0.2, 0.25) is 0 Å². The number of benzene rings is 2. The molecule has 0 fully saturated rings. The quantitative estimate of drug-likeness (QED) is 0.432. The number of fused-ring (bicyclic) bond motifs is 1. The van der Waals surface area contributed by atoms with E-state index in [1.807, 2.05) is 61.1 Å². The second-order valence-corrected chi connectivity index (χ2v) is 7.56. The van der Waals surface area contributed by atoms with Crippen molar-refractivity contribution in [1.82, 2.24) is 9.99 Å². The van der Waals surface area contributed by atoms with Gasteiger partial charge in [0.05, 0.1) is 15.2 Å². The third-order valence-electron chi connectivity index (χ3n) is 3.81. The molecule has 0 aliphatic rings. The Morgan fingerprint density at radius 1 is 1.27 bits per heavy atom. The molecule has 0 saturated heterocycles. The van der Waals surface area contributed by atoms with Crippen LogP contribution in [0.25, 0.3) is 10.9 Å². The maximum atomic E-state index is 12.0. The Balaban J connectivity index is 1.61. The fourth-order valence-corrected chi connectivity index (χ4v) is 4.29. The number of hydrogen-bond donors (Lipinski definition) is 1. The van der Waals surface area contributed by atoms with Crippen LogP contribution in [-0.2, 0) is 11.8 Å². The SMILES string of the molecule is Cc1cc(Br)c(OCC(=O)N/N=C/c2cn(C)c3ccccc23)c(Br)c1. The average Bonchev–Trinajstić information content (AvgIpc) is 2.90. The average molecular weight is 479 g/mol. The first-order chi connectivity index (χ1) is 12.5. The summed E-state index contributed by atoms with van der Waals surface area (Å²) in [5, 5.41) is 5.12. The first-order valence-electron chi connectivity index (χ1n) is 7.90. The summed E-state index contributed by atoms with van der Waals surface area (Å²) in [6.45, 7) is 1.85. The van der Waals surface area contributed by atoms with E-state index in [4.69, 9.17) is 4.74 Å². The standard InChI is InChI=1S/C19H17Br2N3O2/c1-12-7-15(20)19(16(21)8-12)26-11-18(25)23-22-9-13-10-24(2)17-6-4-3-5-14(13)17/h3-10H,11H2,1-2H3,(H,23,25)/b22-9+. The smallest absolute Gasteiger partial charge is 0.277 e. The summed E-state index contributed by atoms with van der Waals surface area (Å²) < 4.78 is 9.18. The monoisotopic (exact) mass is 477 g/mol. The van der Waals surface area contributed by atoms with Crippen LogP contribution in [0.15, 0.2) is 56.6 Å². The second kappa shape index (κ2) is 8.05. The van der Waals surface area contributed by atoms with Gasteiger partial charge in [0, 0.05) is 29.7 Å². The number of amides is 1. The number of carbonyl (C=O) groups excluding carboxylic acids is 1. The Morgan fingerprint density at radius 2 is 1.96 bits per heavy atom. The Hall–Kier alpha value is -2.12. The minimum Gasteiger partial charge on any atom is -0.481 e. The van der Waals surface area contributed by atoms with Gasteiger partial charge in [0.1, 0.15) is 5.75 Å². The van der Waals surface area contributed by atoms with Crippen molar-refractivity contribution < 1.29 is 9.53 Å². The Kier molecular flexibility index (Phi) is 5.78. The molecule has 0 aliphatic heterocycles. The minimum atomic E-state index is -0.333. The van der Waals surface area contributed by atoms with Crippen molar-refractivity contribution in [2.24, 2.45) is 12.1 Å². The number of rotatable bonds is 5. The van der Waals surface area contributed by atoms with Crippen LogP contribution in [0.5, 0.6) is 5.75 Å². The molecular weight excluding hydrogens is 462 g/mol. The predicted octanol–water partition coefficient (Wildman–Crippen LogP) is 4.54. The Morgan fingerprint density at radius 3 is 2.69 bits per heavy atom. The molecular formula is C19H17Br2N3O2. The molecule has 0 unspecified atom stereocenters. The lowest BCUT2D eigenvalue weighted by atomic mass is 10.2. The van der Waals surface area contributed by atoms with Gasteiger partial charge in [0.25, 0.3) is 5.91 Å². The van der Waals surface area contributed by atoms with E-state index >= 15 is 0 Å². The molecule has 0 bridgehead atoms. The first-order valence-corrected chi connectivity index (χ1v) is 9.48. The normalized spacial score (nSPS) is 11.2. The molecule has 0 aliphatic carbocycles. The number of hydrogen-bond acceptors (Lipinski definition) is 3. The maximum absolute atomic E-state index is 12.0. The molecule has 3 rings (SSSR count). The summed E-state index contributed by atoms with van der Waals surface area (Å²) >= 11 is 6.88. The highest BCUT2D eigenvalue weighted by Gasteiger charge is 2.10. The molecule has 0 spiro atoms. The zero-order chi connectivity index (χ0) is 18.7. The van der Waals surface area contributed by atoms with Gasteiger partial charge in [0.15, 0.2) is 6.61 Å². The maximum Gasteiger partial charge on any atom is 0.277 e. The van der Waals surface area contributed by atoms with E-state index in [9.17, 15) is 4.79 Å². The number of halogens is 2. The topological polar surface area (TPSA) is 55.6 Å². The lowest BCUT2D eigenvalue weighted by molar-refractivity contribution is -0.123. The Labute approximate surface area is 168 Å². The number of aryl methyl sites for hydroxylation is 2. The lowest BCUT2D eigenvalue weighted by Gasteiger charge is -2.10. The highest BCUT2D eigenvalue weighted by atomic mass is 79.9. The summed E-state index contributed by atoms with van der Waals surface area (Å²) in [4.78, 5) is 12.0.